The number of hydrogen-bond donors (Lipinski definition) is 2. The van der Waals surface area contributed by atoms with Crippen LogP contribution in [-0.4, -0.2) is 19.8 Å². The van der Waals surface area contributed by atoms with Crippen molar-refractivity contribution in [3.8, 4) is 0 Å². The monoisotopic (exact) mass is 293 g/mol. The molecule has 0 radical (unpaired) electrons. The van der Waals surface area contributed by atoms with E-state index in [0.29, 0.717) is 15.7 Å². The smallest absolute Gasteiger partial charge is 0.229 e. The van der Waals surface area contributed by atoms with Crippen molar-refractivity contribution in [2.24, 2.45) is 0 Å². The Morgan fingerprint density at radius 3 is 2.53 bits per heavy atom. The van der Waals surface area contributed by atoms with Crippen molar-refractivity contribution in [2.45, 2.75) is 13.0 Å². The van der Waals surface area contributed by atoms with Crippen LogP contribution in [0.5, 0.6) is 0 Å². The molecular formula is C9H12BrNO3S. The van der Waals surface area contributed by atoms with E-state index in [4.69, 9.17) is 0 Å². The number of hydrogen-bond acceptors (Lipinski definition) is 3. The predicted molar refractivity (Wildman–Crippen MR) is 63.2 cm³/mol. The molecule has 84 valence electrons. The van der Waals surface area contributed by atoms with Crippen LogP contribution in [0.15, 0.2) is 22.7 Å². The standard InChI is InChI=1S/C9H12BrNO3S/c1-6(12)7-3-4-8(10)9(5-7)11-15(2,13)14/h3-6,11-12H,1-2H3. The zero-order valence-electron chi connectivity index (χ0n) is 8.36. The summed E-state index contributed by atoms with van der Waals surface area (Å²) < 4.78 is 25.1. The van der Waals surface area contributed by atoms with E-state index in [1.165, 1.54) is 0 Å². The van der Waals surface area contributed by atoms with Crippen LogP contribution in [0.1, 0.15) is 18.6 Å². The first-order chi connectivity index (χ1) is 6.79. The minimum absolute atomic E-state index is 0.427. The summed E-state index contributed by atoms with van der Waals surface area (Å²) in [6.07, 6.45) is 0.451. The van der Waals surface area contributed by atoms with Gasteiger partial charge in [0.1, 0.15) is 0 Å². The number of nitrogens with one attached hydrogen (secondary N) is 1. The van der Waals surface area contributed by atoms with Gasteiger partial charge in [-0.25, -0.2) is 8.42 Å². The van der Waals surface area contributed by atoms with E-state index in [9.17, 15) is 13.5 Å². The van der Waals surface area contributed by atoms with Crippen molar-refractivity contribution < 1.29 is 13.5 Å². The molecule has 1 aromatic carbocycles. The first kappa shape index (κ1) is 12.5. The molecule has 15 heavy (non-hydrogen) atoms. The van der Waals surface area contributed by atoms with Gasteiger partial charge in [-0.05, 0) is 40.5 Å². The van der Waals surface area contributed by atoms with Crippen molar-refractivity contribution >= 4 is 31.6 Å². The fraction of sp³-hybridized carbons (Fsp3) is 0.333. The summed E-state index contributed by atoms with van der Waals surface area (Å²) in [7, 11) is -3.30. The molecule has 0 saturated heterocycles. The Labute approximate surface area is 97.5 Å². The highest BCUT2D eigenvalue weighted by Gasteiger charge is 2.08. The zero-order chi connectivity index (χ0) is 11.6. The van der Waals surface area contributed by atoms with Gasteiger partial charge in [-0.2, -0.15) is 0 Å². The van der Waals surface area contributed by atoms with E-state index >= 15 is 0 Å². The lowest BCUT2D eigenvalue weighted by atomic mass is 10.1. The van der Waals surface area contributed by atoms with Crippen molar-refractivity contribution in [3.05, 3.63) is 28.2 Å². The molecule has 0 aliphatic heterocycles. The third-order valence-corrected chi connectivity index (χ3v) is 3.05. The number of aliphatic hydroxyl groups is 1. The van der Waals surface area contributed by atoms with Gasteiger partial charge in [0, 0.05) is 4.47 Å². The van der Waals surface area contributed by atoms with Crippen LogP contribution in [0, 0.1) is 0 Å². The lowest BCUT2D eigenvalue weighted by Crippen LogP contribution is -2.10. The molecule has 0 amide bonds. The largest absolute Gasteiger partial charge is 0.389 e. The minimum atomic E-state index is -3.30. The Bertz CT molecular complexity index is 456. The van der Waals surface area contributed by atoms with Gasteiger partial charge in [0.2, 0.25) is 10.0 Å². The van der Waals surface area contributed by atoms with E-state index in [0.717, 1.165) is 6.26 Å². The summed E-state index contributed by atoms with van der Waals surface area (Å²) in [6.45, 7) is 1.62. The average molecular weight is 294 g/mol. The first-order valence-corrected chi connectivity index (χ1v) is 6.93. The second-order valence-corrected chi connectivity index (χ2v) is 5.89. The van der Waals surface area contributed by atoms with Gasteiger partial charge in [-0.15, -0.1) is 0 Å². The van der Waals surface area contributed by atoms with E-state index in [2.05, 4.69) is 20.7 Å². The Balaban J connectivity index is 3.11. The van der Waals surface area contributed by atoms with Crippen molar-refractivity contribution in [1.82, 2.24) is 0 Å². The first-order valence-electron chi connectivity index (χ1n) is 4.25. The summed E-state index contributed by atoms with van der Waals surface area (Å²) >= 11 is 3.22. The Morgan fingerprint density at radius 2 is 2.07 bits per heavy atom. The van der Waals surface area contributed by atoms with E-state index in [-0.39, 0.29) is 0 Å². The maximum absolute atomic E-state index is 11.0. The number of halogens is 1. The molecule has 4 nitrogen and oxygen atoms in total. The maximum atomic E-state index is 11.0. The Morgan fingerprint density at radius 1 is 1.47 bits per heavy atom. The second kappa shape index (κ2) is 4.51. The fourth-order valence-electron chi connectivity index (χ4n) is 1.08. The summed E-state index contributed by atoms with van der Waals surface area (Å²) in [6, 6.07) is 5.01. The summed E-state index contributed by atoms with van der Waals surface area (Å²) in [5, 5.41) is 9.34. The van der Waals surface area contributed by atoms with Crippen molar-refractivity contribution in [1.29, 1.82) is 0 Å². The molecular weight excluding hydrogens is 282 g/mol. The molecule has 0 fully saturated rings. The number of aliphatic hydroxyl groups excluding tert-OH is 1. The molecule has 2 N–H and O–H groups in total. The molecule has 0 bridgehead atoms. The van der Waals surface area contributed by atoms with Crippen LogP contribution in [0.25, 0.3) is 0 Å². The highest BCUT2D eigenvalue weighted by molar-refractivity contribution is 9.10. The summed E-state index contributed by atoms with van der Waals surface area (Å²) in [4.78, 5) is 0. The van der Waals surface area contributed by atoms with Crippen molar-refractivity contribution in [3.63, 3.8) is 0 Å². The predicted octanol–water partition coefficient (Wildman–Crippen LogP) is 1.87. The number of anilines is 1. The number of sulfonamides is 1. The van der Waals surface area contributed by atoms with Gasteiger partial charge in [0.15, 0.2) is 0 Å². The lowest BCUT2D eigenvalue weighted by molar-refractivity contribution is 0.199. The lowest BCUT2D eigenvalue weighted by Gasteiger charge is -2.10. The highest BCUT2D eigenvalue weighted by Crippen LogP contribution is 2.26. The Kier molecular flexibility index (Phi) is 3.75. The van der Waals surface area contributed by atoms with Crippen molar-refractivity contribution in [2.75, 3.05) is 11.0 Å². The molecule has 0 spiro atoms. The normalized spacial score (nSPS) is 13.6. The highest BCUT2D eigenvalue weighted by atomic mass is 79.9. The minimum Gasteiger partial charge on any atom is -0.389 e. The molecule has 0 heterocycles. The van der Waals surface area contributed by atoms with E-state index in [1.54, 1.807) is 25.1 Å². The molecule has 1 atom stereocenters. The molecule has 6 heteroatoms. The van der Waals surface area contributed by atoms with Crippen LogP contribution in [0.3, 0.4) is 0 Å². The fourth-order valence-corrected chi connectivity index (χ4v) is 2.13. The molecule has 1 aromatic rings. The van der Waals surface area contributed by atoms with Gasteiger partial charge in [-0.1, -0.05) is 6.07 Å². The summed E-state index contributed by atoms with van der Waals surface area (Å²) in [5.74, 6) is 0. The average Bonchev–Trinajstić information content (AvgIpc) is 2.06. The van der Waals surface area contributed by atoms with Gasteiger partial charge in [-0.3, -0.25) is 4.72 Å². The summed E-state index contributed by atoms with van der Waals surface area (Å²) in [5.41, 5.74) is 1.08. The SMILES string of the molecule is CC(O)c1ccc(Br)c(NS(C)(=O)=O)c1. The van der Waals surface area contributed by atoms with Gasteiger partial charge in [0.05, 0.1) is 18.0 Å². The second-order valence-electron chi connectivity index (χ2n) is 3.29. The molecule has 0 aliphatic carbocycles. The van der Waals surface area contributed by atoms with E-state index in [1.807, 2.05) is 0 Å². The molecule has 1 unspecified atom stereocenters. The zero-order valence-corrected chi connectivity index (χ0v) is 10.8. The third-order valence-electron chi connectivity index (χ3n) is 1.77. The Hall–Kier alpha value is -0.590. The van der Waals surface area contributed by atoms with Gasteiger partial charge in [0.25, 0.3) is 0 Å². The van der Waals surface area contributed by atoms with Crippen LogP contribution < -0.4 is 4.72 Å². The van der Waals surface area contributed by atoms with Crippen LogP contribution in [0.4, 0.5) is 5.69 Å². The van der Waals surface area contributed by atoms with Gasteiger partial charge >= 0.3 is 0 Å². The molecule has 0 saturated carbocycles. The van der Waals surface area contributed by atoms with Crippen LogP contribution >= 0.6 is 15.9 Å². The number of benzene rings is 1. The topological polar surface area (TPSA) is 66.4 Å². The third kappa shape index (κ3) is 3.81. The maximum Gasteiger partial charge on any atom is 0.229 e. The molecule has 0 aliphatic rings. The molecule has 0 aromatic heterocycles. The number of rotatable bonds is 3. The van der Waals surface area contributed by atoms with E-state index < -0.39 is 16.1 Å². The quantitative estimate of drug-likeness (QED) is 0.894. The molecule has 1 rings (SSSR count). The van der Waals surface area contributed by atoms with Crippen LogP contribution in [-0.2, 0) is 10.0 Å². The van der Waals surface area contributed by atoms with Crippen LogP contribution in [0.2, 0.25) is 0 Å². The van der Waals surface area contributed by atoms with Gasteiger partial charge < -0.3 is 5.11 Å².